The Kier molecular flexibility index (Phi) is 5.58. The zero-order chi connectivity index (χ0) is 11.3. The fourth-order valence-electron chi connectivity index (χ4n) is 2.40. The summed E-state index contributed by atoms with van der Waals surface area (Å²) in [7, 11) is 4.03. The summed E-state index contributed by atoms with van der Waals surface area (Å²) in [5.41, 5.74) is 0. The maximum atomic E-state index is 5.32. The summed E-state index contributed by atoms with van der Waals surface area (Å²) in [5.74, 6) is 0.650. The summed E-state index contributed by atoms with van der Waals surface area (Å²) in [5, 5.41) is 3.47. The molecule has 90 valence electrons. The fraction of sp³-hybridized carbons (Fsp3) is 1.00. The molecule has 3 nitrogen and oxygen atoms in total. The molecule has 0 bridgehead atoms. The predicted octanol–water partition coefficient (Wildman–Crippen LogP) is 1.34. The minimum absolute atomic E-state index is 0.542. The molecule has 0 amide bonds. The fourth-order valence-corrected chi connectivity index (χ4v) is 2.40. The molecule has 0 aromatic carbocycles. The molecule has 1 heterocycles. The second-order valence-corrected chi connectivity index (χ2v) is 4.93. The minimum Gasteiger partial charge on any atom is -0.383 e. The zero-order valence-corrected chi connectivity index (χ0v) is 10.6. The van der Waals surface area contributed by atoms with Crippen molar-refractivity contribution in [3.05, 3.63) is 0 Å². The van der Waals surface area contributed by atoms with Crippen LogP contribution in [0.15, 0.2) is 0 Å². The van der Waals surface area contributed by atoms with E-state index in [4.69, 9.17) is 4.74 Å². The van der Waals surface area contributed by atoms with Gasteiger partial charge < -0.3 is 10.1 Å². The van der Waals surface area contributed by atoms with Gasteiger partial charge in [0.25, 0.3) is 0 Å². The molecule has 1 fully saturated rings. The van der Waals surface area contributed by atoms with E-state index in [9.17, 15) is 0 Å². The van der Waals surface area contributed by atoms with Crippen molar-refractivity contribution in [2.24, 2.45) is 5.92 Å². The number of nitrogens with one attached hydrogen (secondary N) is 1. The molecule has 1 aliphatic heterocycles. The molecule has 0 radical (unpaired) electrons. The molecule has 1 rings (SSSR count). The van der Waals surface area contributed by atoms with Crippen molar-refractivity contribution in [1.82, 2.24) is 10.2 Å². The third kappa shape index (κ3) is 3.74. The highest BCUT2D eigenvalue weighted by Crippen LogP contribution is 2.16. The van der Waals surface area contributed by atoms with Crippen LogP contribution in [0.25, 0.3) is 0 Å². The van der Waals surface area contributed by atoms with E-state index in [2.05, 4.69) is 31.1 Å². The zero-order valence-electron chi connectivity index (χ0n) is 10.6. The maximum absolute atomic E-state index is 5.32. The van der Waals surface area contributed by atoms with Crippen LogP contribution in [0.5, 0.6) is 0 Å². The molecular formula is C12H26N2O. The van der Waals surface area contributed by atoms with Crippen LogP contribution in [-0.4, -0.2) is 50.8 Å². The lowest BCUT2D eigenvalue weighted by Crippen LogP contribution is -2.51. The third-order valence-electron chi connectivity index (χ3n) is 3.48. The van der Waals surface area contributed by atoms with Crippen LogP contribution in [0.2, 0.25) is 0 Å². The number of hydrogen-bond acceptors (Lipinski definition) is 3. The third-order valence-corrected chi connectivity index (χ3v) is 3.48. The smallest absolute Gasteiger partial charge is 0.0620 e. The van der Waals surface area contributed by atoms with Crippen molar-refractivity contribution in [2.45, 2.75) is 38.8 Å². The first kappa shape index (κ1) is 12.9. The highest BCUT2D eigenvalue weighted by atomic mass is 16.5. The molecule has 15 heavy (non-hydrogen) atoms. The first-order valence-electron chi connectivity index (χ1n) is 6.08. The van der Waals surface area contributed by atoms with E-state index in [1.165, 1.54) is 19.4 Å². The van der Waals surface area contributed by atoms with Crippen molar-refractivity contribution >= 4 is 0 Å². The average molecular weight is 214 g/mol. The van der Waals surface area contributed by atoms with Gasteiger partial charge in [0.1, 0.15) is 0 Å². The molecular weight excluding hydrogens is 188 g/mol. The highest BCUT2D eigenvalue weighted by Gasteiger charge is 2.26. The monoisotopic (exact) mass is 214 g/mol. The van der Waals surface area contributed by atoms with Gasteiger partial charge in [0.05, 0.1) is 6.61 Å². The lowest BCUT2D eigenvalue weighted by molar-refractivity contribution is 0.0473. The first-order chi connectivity index (χ1) is 7.16. The highest BCUT2D eigenvalue weighted by molar-refractivity contribution is 4.82. The van der Waals surface area contributed by atoms with Gasteiger partial charge in [-0.3, -0.25) is 4.90 Å². The topological polar surface area (TPSA) is 24.5 Å². The molecule has 0 aliphatic carbocycles. The van der Waals surface area contributed by atoms with Crippen molar-refractivity contribution in [3.63, 3.8) is 0 Å². The van der Waals surface area contributed by atoms with Crippen LogP contribution in [0, 0.1) is 5.92 Å². The molecule has 1 saturated heterocycles. The van der Waals surface area contributed by atoms with Gasteiger partial charge in [0, 0.05) is 25.7 Å². The van der Waals surface area contributed by atoms with E-state index in [0.717, 1.165) is 13.2 Å². The number of ether oxygens (including phenoxy) is 1. The summed E-state index contributed by atoms with van der Waals surface area (Å²) in [6, 6.07) is 1.22. The molecule has 0 aromatic rings. The van der Waals surface area contributed by atoms with Crippen molar-refractivity contribution < 1.29 is 4.74 Å². The van der Waals surface area contributed by atoms with Crippen LogP contribution in [0.1, 0.15) is 26.7 Å². The van der Waals surface area contributed by atoms with Crippen LogP contribution >= 0.6 is 0 Å². The van der Waals surface area contributed by atoms with Crippen molar-refractivity contribution in [2.75, 3.05) is 33.9 Å². The average Bonchev–Trinajstić information content (AvgIpc) is 2.26. The molecule has 3 heteroatoms. The van der Waals surface area contributed by atoms with Gasteiger partial charge in [0.2, 0.25) is 0 Å². The van der Waals surface area contributed by atoms with Gasteiger partial charge in [-0.15, -0.1) is 0 Å². The Morgan fingerprint density at radius 2 is 2.20 bits per heavy atom. The van der Waals surface area contributed by atoms with Crippen LogP contribution < -0.4 is 5.32 Å². The lowest BCUT2D eigenvalue weighted by Gasteiger charge is -2.39. The Morgan fingerprint density at radius 1 is 1.47 bits per heavy atom. The second-order valence-electron chi connectivity index (χ2n) is 4.93. The predicted molar refractivity (Wildman–Crippen MR) is 64.2 cm³/mol. The molecule has 1 N–H and O–H groups in total. The lowest BCUT2D eigenvalue weighted by atomic mass is 9.99. The molecule has 2 unspecified atom stereocenters. The summed E-state index contributed by atoms with van der Waals surface area (Å²) >= 11 is 0. The first-order valence-corrected chi connectivity index (χ1v) is 6.08. The molecule has 1 aliphatic rings. The van der Waals surface area contributed by atoms with Crippen molar-refractivity contribution in [1.29, 1.82) is 0 Å². The Morgan fingerprint density at radius 3 is 2.67 bits per heavy atom. The SMILES string of the molecule is COCC(C(C)C)N(C)C1CCCNC1. The number of piperidine rings is 1. The van der Waals surface area contributed by atoms with E-state index in [1.54, 1.807) is 7.11 Å². The molecule has 0 aromatic heterocycles. The van der Waals surface area contributed by atoms with Crippen LogP contribution in [0.4, 0.5) is 0 Å². The van der Waals surface area contributed by atoms with Gasteiger partial charge >= 0.3 is 0 Å². The molecule has 0 spiro atoms. The van der Waals surface area contributed by atoms with E-state index in [-0.39, 0.29) is 0 Å². The molecule has 0 saturated carbocycles. The van der Waals surface area contributed by atoms with Gasteiger partial charge in [-0.2, -0.15) is 0 Å². The number of hydrogen-bond donors (Lipinski definition) is 1. The van der Waals surface area contributed by atoms with E-state index in [1.807, 2.05) is 0 Å². The van der Waals surface area contributed by atoms with Crippen molar-refractivity contribution in [3.8, 4) is 0 Å². The minimum atomic E-state index is 0.542. The standard InChI is InChI=1S/C12H26N2O/c1-10(2)12(9-15-4)14(3)11-6-5-7-13-8-11/h10-13H,5-9H2,1-4H3. The summed E-state index contributed by atoms with van der Waals surface area (Å²) in [4.78, 5) is 2.50. The second kappa shape index (κ2) is 6.46. The van der Waals surface area contributed by atoms with E-state index < -0.39 is 0 Å². The Hall–Kier alpha value is -0.120. The summed E-state index contributed by atoms with van der Waals surface area (Å²) < 4.78 is 5.32. The Balaban J connectivity index is 2.49. The van der Waals surface area contributed by atoms with Gasteiger partial charge in [-0.25, -0.2) is 0 Å². The van der Waals surface area contributed by atoms with E-state index in [0.29, 0.717) is 18.0 Å². The van der Waals surface area contributed by atoms with Gasteiger partial charge in [-0.1, -0.05) is 13.8 Å². The Labute approximate surface area is 94.2 Å². The number of nitrogens with zero attached hydrogens (tertiary/aromatic N) is 1. The van der Waals surface area contributed by atoms with Crippen LogP contribution in [-0.2, 0) is 4.74 Å². The maximum Gasteiger partial charge on any atom is 0.0620 e. The molecule has 2 atom stereocenters. The number of likely N-dealkylation sites (N-methyl/N-ethyl adjacent to an activating group) is 1. The Bertz CT molecular complexity index is 167. The number of methoxy groups -OCH3 is 1. The van der Waals surface area contributed by atoms with Gasteiger partial charge in [0.15, 0.2) is 0 Å². The summed E-state index contributed by atoms with van der Waals surface area (Å²) in [6.07, 6.45) is 2.61. The number of rotatable bonds is 5. The van der Waals surface area contributed by atoms with Gasteiger partial charge in [-0.05, 0) is 32.4 Å². The summed E-state index contributed by atoms with van der Waals surface area (Å²) in [6.45, 7) is 7.70. The van der Waals surface area contributed by atoms with Crippen LogP contribution in [0.3, 0.4) is 0 Å². The van der Waals surface area contributed by atoms with E-state index >= 15 is 0 Å². The largest absolute Gasteiger partial charge is 0.383 e. The normalized spacial score (nSPS) is 24.8. The quantitative estimate of drug-likeness (QED) is 0.747.